The number of benzene rings is 2. The molecule has 0 aliphatic heterocycles. The molecule has 20 heavy (non-hydrogen) atoms. The highest BCUT2D eigenvalue weighted by molar-refractivity contribution is 6.33. The highest BCUT2D eigenvalue weighted by atomic mass is 35.5. The molecule has 0 atom stereocenters. The minimum atomic E-state index is -0.459. The Morgan fingerprint density at radius 2 is 1.80 bits per heavy atom. The summed E-state index contributed by atoms with van der Waals surface area (Å²) in [6.45, 7) is 4.73. The van der Waals surface area contributed by atoms with Crippen molar-refractivity contribution in [3.8, 4) is 0 Å². The topological polar surface area (TPSA) is 55.2 Å². The minimum absolute atomic E-state index is 0.00745. The summed E-state index contributed by atoms with van der Waals surface area (Å²) >= 11 is 6.04. The number of rotatable bonds is 4. The van der Waals surface area contributed by atoms with Crippen LogP contribution >= 0.6 is 11.6 Å². The highest BCUT2D eigenvalue weighted by Gasteiger charge is 2.09. The molecular formula is C15H15ClN2O2. The van der Waals surface area contributed by atoms with Gasteiger partial charge in [-0.2, -0.15) is 0 Å². The number of nitrogens with zero attached hydrogens (tertiary/aromatic N) is 1. The van der Waals surface area contributed by atoms with E-state index in [1.54, 1.807) is 6.07 Å². The predicted octanol–water partition coefficient (Wildman–Crippen LogP) is 4.48. The number of aryl methyl sites for hydroxylation is 2. The third-order valence-corrected chi connectivity index (χ3v) is 3.24. The summed E-state index contributed by atoms with van der Waals surface area (Å²) in [7, 11) is 0. The van der Waals surface area contributed by atoms with Gasteiger partial charge in [0, 0.05) is 18.7 Å². The molecule has 0 saturated carbocycles. The van der Waals surface area contributed by atoms with Crippen molar-refractivity contribution in [3.63, 3.8) is 0 Å². The Balaban J connectivity index is 2.12. The summed E-state index contributed by atoms with van der Waals surface area (Å²) in [5, 5.41) is 14.2. The molecule has 0 aromatic heterocycles. The maximum atomic E-state index is 10.6. The van der Waals surface area contributed by atoms with Crippen molar-refractivity contribution in [1.29, 1.82) is 0 Å². The van der Waals surface area contributed by atoms with Crippen LogP contribution < -0.4 is 5.32 Å². The fourth-order valence-corrected chi connectivity index (χ4v) is 2.37. The second-order valence-electron chi connectivity index (χ2n) is 4.77. The van der Waals surface area contributed by atoms with Gasteiger partial charge in [-0.25, -0.2) is 0 Å². The third kappa shape index (κ3) is 3.48. The van der Waals surface area contributed by atoms with Crippen molar-refractivity contribution in [1.82, 2.24) is 0 Å². The summed E-state index contributed by atoms with van der Waals surface area (Å²) in [4.78, 5) is 10.2. The van der Waals surface area contributed by atoms with Crippen LogP contribution in [0.25, 0.3) is 0 Å². The molecule has 0 heterocycles. The molecule has 0 amide bonds. The summed E-state index contributed by atoms with van der Waals surface area (Å²) in [6.07, 6.45) is 0. The molecule has 0 fully saturated rings. The quantitative estimate of drug-likeness (QED) is 0.667. The van der Waals surface area contributed by atoms with Crippen LogP contribution in [0.15, 0.2) is 36.4 Å². The van der Waals surface area contributed by atoms with Gasteiger partial charge >= 0.3 is 0 Å². The smallest absolute Gasteiger partial charge is 0.271 e. The molecule has 0 spiro atoms. The van der Waals surface area contributed by atoms with Crippen LogP contribution in [0.3, 0.4) is 0 Å². The van der Waals surface area contributed by atoms with E-state index in [9.17, 15) is 10.1 Å². The molecule has 4 nitrogen and oxygen atoms in total. The first-order valence-electron chi connectivity index (χ1n) is 6.20. The largest absolute Gasteiger partial charge is 0.380 e. The molecule has 1 N–H and O–H groups in total. The van der Waals surface area contributed by atoms with Crippen LogP contribution in [0.5, 0.6) is 0 Å². The SMILES string of the molecule is Cc1cc(C)cc(CNc2ccc([N+](=O)[O-])cc2Cl)c1. The molecule has 0 aliphatic rings. The molecule has 5 heteroatoms. The van der Waals surface area contributed by atoms with E-state index in [0.29, 0.717) is 17.3 Å². The van der Waals surface area contributed by atoms with Crippen molar-refractivity contribution < 1.29 is 4.92 Å². The van der Waals surface area contributed by atoms with Gasteiger partial charge in [-0.15, -0.1) is 0 Å². The van der Waals surface area contributed by atoms with E-state index in [1.165, 1.54) is 23.3 Å². The van der Waals surface area contributed by atoms with Gasteiger partial charge in [-0.1, -0.05) is 40.9 Å². The number of halogens is 1. The lowest BCUT2D eigenvalue weighted by Crippen LogP contribution is -2.01. The number of nitrogens with one attached hydrogen (secondary N) is 1. The van der Waals surface area contributed by atoms with Crippen molar-refractivity contribution >= 4 is 23.0 Å². The minimum Gasteiger partial charge on any atom is -0.380 e. The maximum Gasteiger partial charge on any atom is 0.271 e. The van der Waals surface area contributed by atoms with Gasteiger partial charge < -0.3 is 5.32 Å². The predicted molar refractivity (Wildman–Crippen MR) is 81.3 cm³/mol. The van der Waals surface area contributed by atoms with Crippen LogP contribution in [0.2, 0.25) is 5.02 Å². The molecule has 0 bridgehead atoms. The number of hydrogen-bond acceptors (Lipinski definition) is 3. The first kappa shape index (κ1) is 14.3. The zero-order valence-corrected chi connectivity index (χ0v) is 12.1. The van der Waals surface area contributed by atoms with Crippen molar-refractivity contribution in [2.75, 3.05) is 5.32 Å². The Morgan fingerprint density at radius 3 is 2.35 bits per heavy atom. The van der Waals surface area contributed by atoms with Crippen LogP contribution in [-0.2, 0) is 6.54 Å². The lowest BCUT2D eigenvalue weighted by atomic mass is 10.1. The third-order valence-electron chi connectivity index (χ3n) is 2.93. The van der Waals surface area contributed by atoms with E-state index in [-0.39, 0.29) is 5.69 Å². The molecule has 0 saturated heterocycles. The number of hydrogen-bond donors (Lipinski definition) is 1. The fourth-order valence-electron chi connectivity index (χ4n) is 2.13. The Labute approximate surface area is 122 Å². The van der Waals surface area contributed by atoms with Gasteiger partial charge in [0.15, 0.2) is 0 Å². The van der Waals surface area contributed by atoms with Crippen molar-refractivity contribution in [2.45, 2.75) is 20.4 Å². The summed E-state index contributed by atoms with van der Waals surface area (Å²) in [6, 6.07) is 10.7. The second kappa shape index (κ2) is 5.92. The van der Waals surface area contributed by atoms with E-state index in [2.05, 4.69) is 37.4 Å². The Bertz CT molecular complexity index is 636. The highest BCUT2D eigenvalue weighted by Crippen LogP contribution is 2.27. The summed E-state index contributed by atoms with van der Waals surface area (Å²) < 4.78 is 0. The van der Waals surface area contributed by atoms with Gasteiger partial charge in [0.1, 0.15) is 0 Å². The monoisotopic (exact) mass is 290 g/mol. The summed E-state index contributed by atoms with van der Waals surface area (Å²) in [5.74, 6) is 0. The zero-order chi connectivity index (χ0) is 14.7. The number of anilines is 1. The van der Waals surface area contributed by atoms with E-state index in [1.807, 2.05) is 0 Å². The Kier molecular flexibility index (Phi) is 4.25. The maximum absolute atomic E-state index is 10.6. The Hall–Kier alpha value is -2.07. The summed E-state index contributed by atoms with van der Waals surface area (Å²) in [5.41, 5.74) is 4.24. The second-order valence-corrected chi connectivity index (χ2v) is 5.18. The van der Waals surface area contributed by atoms with Gasteiger partial charge in [-0.05, 0) is 25.5 Å². The molecule has 0 unspecified atom stereocenters. The van der Waals surface area contributed by atoms with Crippen molar-refractivity contribution in [2.24, 2.45) is 0 Å². The average Bonchev–Trinajstić information content (AvgIpc) is 2.36. The number of non-ortho nitro benzene ring substituents is 1. The molecule has 0 radical (unpaired) electrons. The number of nitro benzene ring substituents is 1. The van der Waals surface area contributed by atoms with E-state index < -0.39 is 4.92 Å². The molecule has 2 aromatic rings. The van der Waals surface area contributed by atoms with Crippen LogP contribution in [-0.4, -0.2) is 4.92 Å². The van der Waals surface area contributed by atoms with E-state index >= 15 is 0 Å². The van der Waals surface area contributed by atoms with Gasteiger partial charge in [0.05, 0.1) is 15.6 Å². The molecule has 2 rings (SSSR count). The van der Waals surface area contributed by atoms with Crippen LogP contribution in [0.1, 0.15) is 16.7 Å². The lowest BCUT2D eigenvalue weighted by Gasteiger charge is -2.10. The molecule has 104 valence electrons. The average molecular weight is 291 g/mol. The molecule has 0 aliphatic carbocycles. The van der Waals surface area contributed by atoms with Crippen LogP contribution in [0, 0.1) is 24.0 Å². The molecular weight excluding hydrogens is 276 g/mol. The van der Waals surface area contributed by atoms with Gasteiger partial charge in [0.25, 0.3) is 5.69 Å². The van der Waals surface area contributed by atoms with E-state index in [0.717, 1.165) is 5.56 Å². The zero-order valence-electron chi connectivity index (χ0n) is 11.3. The standard InChI is InChI=1S/C15H15ClN2O2/c1-10-5-11(2)7-12(6-10)9-17-15-4-3-13(18(19)20)8-14(15)16/h3-8,17H,9H2,1-2H3. The lowest BCUT2D eigenvalue weighted by molar-refractivity contribution is -0.384. The number of nitro groups is 1. The normalized spacial score (nSPS) is 10.3. The van der Waals surface area contributed by atoms with Crippen LogP contribution in [0.4, 0.5) is 11.4 Å². The first-order valence-corrected chi connectivity index (χ1v) is 6.58. The first-order chi connectivity index (χ1) is 9.45. The molecule has 2 aromatic carbocycles. The van der Waals surface area contributed by atoms with E-state index in [4.69, 9.17) is 11.6 Å². The fraction of sp³-hybridized carbons (Fsp3) is 0.200. The van der Waals surface area contributed by atoms with Gasteiger partial charge in [0.2, 0.25) is 0 Å². The van der Waals surface area contributed by atoms with Gasteiger partial charge in [-0.3, -0.25) is 10.1 Å². The van der Waals surface area contributed by atoms with Crippen molar-refractivity contribution in [3.05, 3.63) is 68.2 Å². The Morgan fingerprint density at radius 1 is 1.15 bits per heavy atom.